The number of hydrogen-bond donors (Lipinski definition) is 1. The maximum Gasteiger partial charge on any atom is 0.0593 e. The predicted octanol–water partition coefficient (Wildman–Crippen LogP) is 0.563. The Morgan fingerprint density at radius 1 is 1.25 bits per heavy atom. The van der Waals surface area contributed by atoms with Gasteiger partial charge in [-0.1, -0.05) is 13.8 Å². The summed E-state index contributed by atoms with van der Waals surface area (Å²) < 4.78 is 5.39. The van der Waals surface area contributed by atoms with E-state index in [1.165, 1.54) is 0 Å². The SMILES string of the molecule is CC(C)NCCOCCN(C)C. The van der Waals surface area contributed by atoms with Crippen LogP contribution in [-0.2, 0) is 4.74 Å². The number of likely N-dealkylation sites (N-methyl/N-ethyl adjacent to an activating group) is 1. The molecule has 0 bridgehead atoms. The molecule has 0 unspecified atom stereocenters. The molecule has 0 saturated heterocycles. The molecule has 0 atom stereocenters. The summed E-state index contributed by atoms with van der Waals surface area (Å²) in [5, 5.41) is 3.29. The second-order valence-corrected chi connectivity index (χ2v) is 3.52. The van der Waals surface area contributed by atoms with Crippen LogP contribution in [0.1, 0.15) is 13.8 Å². The van der Waals surface area contributed by atoms with Crippen LogP contribution in [-0.4, -0.2) is 51.3 Å². The van der Waals surface area contributed by atoms with Crippen molar-refractivity contribution in [3.05, 3.63) is 0 Å². The van der Waals surface area contributed by atoms with E-state index >= 15 is 0 Å². The second kappa shape index (κ2) is 7.53. The molecule has 0 rings (SSSR count). The Bertz CT molecular complexity index is 82.5. The Kier molecular flexibility index (Phi) is 7.45. The van der Waals surface area contributed by atoms with E-state index in [1.54, 1.807) is 0 Å². The summed E-state index contributed by atoms with van der Waals surface area (Å²) in [5.41, 5.74) is 0. The molecule has 0 fully saturated rings. The third kappa shape index (κ3) is 9.88. The molecule has 12 heavy (non-hydrogen) atoms. The Balaban J connectivity index is 2.91. The van der Waals surface area contributed by atoms with Crippen molar-refractivity contribution in [2.24, 2.45) is 0 Å². The van der Waals surface area contributed by atoms with E-state index in [2.05, 4.69) is 38.2 Å². The van der Waals surface area contributed by atoms with Gasteiger partial charge in [0.1, 0.15) is 0 Å². The quantitative estimate of drug-likeness (QED) is 0.571. The van der Waals surface area contributed by atoms with E-state index in [0.717, 1.165) is 26.3 Å². The molecule has 0 aliphatic rings. The summed E-state index contributed by atoms with van der Waals surface area (Å²) in [5.74, 6) is 0. The van der Waals surface area contributed by atoms with Crippen molar-refractivity contribution in [3.8, 4) is 0 Å². The Hall–Kier alpha value is -0.120. The first-order chi connectivity index (χ1) is 5.63. The minimum absolute atomic E-state index is 0.558. The van der Waals surface area contributed by atoms with E-state index in [9.17, 15) is 0 Å². The monoisotopic (exact) mass is 174 g/mol. The van der Waals surface area contributed by atoms with E-state index in [-0.39, 0.29) is 0 Å². The molecule has 0 amide bonds. The normalized spacial score (nSPS) is 11.5. The van der Waals surface area contributed by atoms with Gasteiger partial charge in [-0.3, -0.25) is 0 Å². The highest BCUT2D eigenvalue weighted by Crippen LogP contribution is 1.79. The van der Waals surface area contributed by atoms with E-state index in [4.69, 9.17) is 4.74 Å². The molecule has 1 N–H and O–H groups in total. The van der Waals surface area contributed by atoms with Gasteiger partial charge in [0.25, 0.3) is 0 Å². The molecule has 0 heterocycles. The predicted molar refractivity (Wildman–Crippen MR) is 52.5 cm³/mol. The summed E-state index contributed by atoms with van der Waals surface area (Å²) in [7, 11) is 4.10. The highest BCUT2D eigenvalue weighted by Gasteiger charge is 1.92. The average molecular weight is 174 g/mol. The second-order valence-electron chi connectivity index (χ2n) is 3.52. The molecular formula is C9H22N2O. The third-order valence-corrected chi connectivity index (χ3v) is 1.48. The van der Waals surface area contributed by atoms with Gasteiger partial charge in [-0.25, -0.2) is 0 Å². The molecule has 0 aromatic heterocycles. The van der Waals surface area contributed by atoms with Crippen molar-refractivity contribution >= 4 is 0 Å². The van der Waals surface area contributed by atoms with Crippen LogP contribution in [0.5, 0.6) is 0 Å². The average Bonchev–Trinajstić information content (AvgIpc) is 1.95. The van der Waals surface area contributed by atoms with Crippen molar-refractivity contribution < 1.29 is 4.74 Å². The van der Waals surface area contributed by atoms with E-state index < -0.39 is 0 Å². The fourth-order valence-corrected chi connectivity index (χ4v) is 0.769. The molecule has 0 aromatic carbocycles. The molecule has 74 valence electrons. The molecule has 3 heteroatoms. The van der Waals surface area contributed by atoms with Crippen LogP contribution < -0.4 is 5.32 Å². The van der Waals surface area contributed by atoms with Crippen molar-refractivity contribution in [3.63, 3.8) is 0 Å². The number of hydrogen-bond acceptors (Lipinski definition) is 3. The summed E-state index contributed by atoms with van der Waals surface area (Å²) in [6, 6.07) is 0.558. The van der Waals surface area contributed by atoms with Crippen LogP contribution in [0.3, 0.4) is 0 Å². The molecule has 0 radical (unpaired) electrons. The Morgan fingerprint density at radius 2 is 1.92 bits per heavy atom. The molecule has 0 aliphatic heterocycles. The maximum absolute atomic E-state index is 5.39. The van der Waals surface area contributed by atoms with Crippen molar-refractivity contribution in [1.82, 2.24) is 10.2 Å². The molecule has 0 saturated carbocycles. The van der Waals surface area contributed by atoms with Gasteiger partial charge >= 0.3 is 0 Å². The molecular weight excluding hydrogens is 152 g/mol. The molecule has 0 aliphatic carbocycles. The summed E-state index contributed by atoms with van der Waals surface area (Å²) in [6.07, 6.45) is 0. The van der Waals surface area contributed by atoms with Crippen LogP contribution in [0.2, 0.25) is 0 Å². The first kappa shape index (κ1) is 11.9. The van der Waals surface area contributed by atoms with Gasteiger partial charge in [0, 0.05) is 19.1 Å². The van der Waals surface area contributed by atoms with Gasteiger partial charge < -0.3 is 15.0 Å². The fraction of sp³-hybridized carbons (Fsp3) is 1.00. The highest BCUT2D eigenvalue weighted by molar-refractivity contribution is 4.51. The Labute approximate surface area is 76.1 Å². The van der Waals surface area contributed by atoms with Gasteiger partial charge in [-0.15, -0.1) is 0 Å². The maximum atomic E-state index is 5.39. The zero-order valence-electron chi connectivity index (χ0n) is 8.76. The van der Waals surface area contributed by atoms with Gasteiger partial charge in [0.05, 0.1) is 13.2 Å². The zero-order valence-corrected chi connectivity index (χ0v) is 8.76. The number of nitrogens with zero attached hydrogens (tertiary/aromatic N) is 1. The lowest BCUT2D eigenvalue weighted by atomic mass is 10.4. The number of rotatable bonds is 7. The lowest BCUT2D eigenvalue weighted by molar-refractivity contribution is 0.118. The number of ether oxygens (including phenoxy) is 1. The fourth-order valence-electron chi connectivity index (χ4n) is 0.769. The molecule has 0 spiro atoms. The van der Waals surface area contributed by atoms with Gasteiger partial charge in [0.15, 0.2) is 0 Å². The van der Waals surface area contributed by atoms with Crippen LogP contribution >= 0.6 is 0 Å². The Morgan fingerprint density at radius 3 is 2.42 bits per heavy atom. The minimum Gasteiger partial charge on any atom is -0.379 e. The first-order valence-electron chi connectivity index (χ1n) is 4.58. The summed E-state index contributed by atoms with van der Waals surface area (Å²) >= 11 is 0. The lowest BCUT2D eigenvalue weighted by Crippen LogP contribution is -2.27. The van der Waals surface area contributed by atoms with Gasteiger partial charge in [0.2, 0.25) is 0 Å². The van der Waals surface area contributed by atoms with Crippen LogP contribution in [0, 0.1) is 0 Å². The zero-order chi connectivity index (χ0) is 9.40. The van der Waals surface area contributed by atoms with Crippen LogP contribution in [0.4, 0.5) is 0 Å². The van der Waals surface area contributed by atoms with E-state index in [1.807, 2.05) is 0 Å². The lowest BCUT2D eigenvalue weighted by Gasteiger charge is -2.11. The highest BCUT2D eigenvalue weighted by atomic mass is 16.5. The van der Waals surface area contributed by atoms with Crippen LogP contribution in [0.25, 0.3) is 0 Å². The third-order valence-electron chi connectivity index (χ3n) is 1.48. The number of nitrogens with one attached hydrogen (secondary N) is 1. The van der Waals surface area contributed by atoms with Crippen molar-refractivity contribution in [2.45, 2.75) is 19.9 Å². The standard InChI is InChI=1S/C9H22N2O/c1-9(2)10-5-7-12-8-6-11(3)4/h9-10H,5-8H2,1-4H3. The van der Waals surface area contributed by atoms with E-state index in [0.29, 0.717) is 6.04 Å². The summed E-state index contributed by atoms with van der Waals surface area (Å²) in [6.45, 7) is 7.87. The van der Waals surface area contributed by atoms with Crippen molar-refractivity contribution in [2.75, 3.05) is 40.4 Å². The molecule has 3 nitrogen and oxygen atoms in total. The van der Waals surface area contributed by atoms with Crippen molar-refractivity contribution in [1.29, 1.82) is 0 Å². The van der Waals surface area contributed by atoms with Gasteiger partial charge in [-0.05, 0) is 14.1 Å². The topological polar surface area (TPSA) is 24.5 Å². The largest absolute Gasteiger partial charge is 0.379 e. The smallest absolute Gasteiger partial charge is 0.0593 e. The van der Waals surface area contributed by atoms with Gasteiger partial charge in [-0.2, -0.15) is 0 Å². The molecule has 0 aromatic rings. The summed E-state index contributed by atoms with van der Waals surface area (Å²) in [4.78, 5) is 2.12. The minimum atomic E-state index is 0.558. The van der Waals surface area contributed by atoms with Crippen LogP contribution in [0.15, 0.2) is 0 Å². The first-order valence-corrected chi connectivity index (χ1v) is 4.58.